The quantitative estimate of drug-likeness (QED) is 0.222. The van der Waals surface area contributed by atoms with Crippen LogP contribution in [-0.2, 0) is 9.53 Å². The van der Waals surface area contributed by atoms with E-state index < -0.39 is 17.5 Å². The van der Waals surface area contributed by atoms with E-state index in [1.807, 2.05) is 31.2 Å². The molecule has 34 heavy (non-hydrogen) atoms. The minimum Gasteiger partial charge on any atom is -0.493 e. The molecule has 1 aliphatic heterocycles. The summed E-state index contributed by atoms with van der Waals surface area (Å²) in [6.07, 6.45) is 2.50. The molecule has 4 rings (SSSR count). The maximum Gasteiger partial charge on any atom is 0.349 e. The molecular weight excluding hydrogens is 438 g/mol. The van der Waals surface area contributed by atoms with Crippen molar-refractivity contribution < 1.29 is 28.2 Å². The lowest BCUT2D eigenvalue weighted by Crippen LogP contribution is -2.34. The van der Waals surface area contributed by atoms with Gasteiger partial charge in [-0.25, -0.2) is 4.79 Å². The maximum atomic E-state index is 12.4. The lowest BCUT2D eigenvalue weighted by Gasteiger charge is -2.10. The van der Waals surface area contributed by atoms with Gasteiger partial charge in [-0.2, -0.15) is 0 Å². The Morgan fingerprint density at radius 1 is 1.15 bits per heavy atom. The largest absolute Gasteiger partial charge is 0.493 e. The van der Waals surface area contributed by atoms with E-state index in [-0.39, 0.29) is 29.4 Å². The minimum atomic E-state index is -0.755. The van der Waals surface area contributed by atoms with Crippen LogP contribution in [0.25, 0.3) is 11.0 Å². The third-order valence-corrected chi connectivity index (χ3v) is 5.57. The standard InChI is InChI=1S/C26H27NO7/c1-17-6-2-3-8-22(17)32-13-5-9-24(28)33-19-11-10-18-14-21(26(30)34-23(18)15-19)25(29)27-16-20-7-4-12-31-20/h2-3,6,8,10-11,14-15,20H,4-5,7,9,12-13,16H2,1H3,(H,27,29). The van der Waals surface area contributed by atoms with Crippen LogP contribution in [0.3, 0.4) is 0 Å². The number of para-hydroxylation sites is 1. The van der Waals surface area contributed by atoms with E-state index in [4.69, 9.17) is 18.6 Å². The number of hydrogen-bond acceptors (Lipinski definition) is 7. The lowest BCUT2D eigenvalue weighted by molar-refractivity contribution is -0.134. The number of rotatable bonds is 9. The molecule has 1 atom stereocenters. The van der Waals surface area contributed by atoms with Crippen LogP contribution in [0.5, 0.6) is 11.5 Å². The summed E-state index contributed by atoms with van der Waals surface area (Å²) < 4.78 is 21.8. The highest BCUT2D eigenvalue weighted by molar-refractivity contribution is 5.96. The van der Waals surface area contributed by atoms with Crippen LogP contribution < -0.4 is 20.4 Å². The second-order valence-electron chi connectivity index (χ2n) is 8.18. The van der Waals surface area contributed by atoms with E-state index in [2.05, 4.69) is 5.32 Å². The van der Waals surface area contributed by atoms with Gasteiger partial charge in [-0.3, -0.25) is 9.59 Å². The number of esters is 1. The number of carbonyl (C=O) groups is 2. The first kappa shape index (κ1) is 23.5. The summed E-state index contributed by atoms with van der Waals surface area (Å²) in [6, 6.07) is 13.9. The smallest absolute Gasteiger partial charge is 0.349 e. The Balaban J connectivity index is 1.31. The van der Waals surface area contributed by atoms with E-state index in [0.717, 1.165) is 24.2 Å². The number of carbonyl (C=O) groups excluding carboxylic acids is 2. The lowest BCUT2D eigenvalue weighted by atomic mass is 10.1. The summed E-state index contributed by atoms with van der Waals surface area (Å²) >= 11 is 0. The zero-order valence-corrected chi connectivity index (χ0v) is 19.0. The second kappa shape index (κ2) is 11.0. The van der Waals surface area contributed by atoms with Crippen LogP contribution in [0, 0.1) is 6.92 Å². The first-order valence-electron chi connectivity index (χ1n) is 11.4. The van der Waals surface area contributed by atoms with Crippen molar-refractivity contribution >= 4 is 22.8 Å². The van der Waals surface area contributed by atoms with Crippen LogP contribution in [0.4, 0.5) is 0 Å². The van der Waals surface area contributed by atoms with Gasteiger partial charge in [0.25, 0.3) is 5.91 Å². The van der Waals surface area contributed by atoms with Crippen molar-refractivity contribution in [1.29, 1.82) is 0 Å². The number of ether oxygens (including phenoxy) is 3. The number of hydrogen-bond donors (Lipinski definition) is 1. The molecule has 0 saturated carbocycles. The fourth-order valence-electron chi connectivity index (χ4n) is 3.72. The molecule has 0 spiro atoms. The third kappa shape index (κ3) is 6.02. The van der Waals surface area contributed by atoms with Crippen molar-refractivity contribution in [2.45, 2.75) is 38.7 Å². The van der Waals surface area contributed by atoms with Crippen molar-refractivity contribution in [2.24, 2.45) is 0 Å². The molecule has 1 unspecified atom stereocenters. The fourth-order valence-corrected chi connectivity index (χ4v) is 3.72. The van der Waals surface area contributed by atoms with Gasteiger partial charge in [0.1, 0.15) is 22.6 Å². The van der Waals surface area contributed by atoms with Gasteiger partial charge < -0.3 is 23.9 Å². The third-order valence-electron chi connectivity index (χ3n) is 5.57. The summed E-state index contributed by atoms with van der Waals surface area (Å²) in [5.74, 6) is 0.131. The Morgan fingerprint density at radius 3 is 2.79 bits per heavy atom. The normalized spacial score (nSPS) is 15.3. The van der Waals surface area contributed by atoms with Crippen LogP contribution >= 0.6 is 0 Å². The molecule has 1 aromatic heterocycles. The summed E-state index contributed by atoms with van der Waals surface area (Å²) in [7, 11) is 0. The average molecular weight is 466 g/mol. The van der Waals surface area contributed by atoms with E-state index >= 15 is 0 Å². The number of aryl methyl sites for hydroxylation is 1. The maximum absolute atomic E-state index is 12.4. The number of fused-ring (bicyclic) bond motifs is 1. The van der Waals surface area contributed by atoms with Crippen LogP contribution in [-0.4, -0.2) is 37.7 Å². The molecule has 0 aliphatic carbocycles. The van der Waals surface area contributed by atoms with Crippen molar-refractivity contribution in [2.75, 3.05) is 19.8 Å². The Kier molecular flexibility index (Phi) is 7.59. The van der Waals surface area contributed by atoms with Gasteiger partial charge >= 0.3 is 11.6 Å². The molecule has 2 heterocycles. The summed E-state index contributed by atoms with van der Waals surface area (Å²) in [6.45, 7) is 3.39. The number of benzene rings is 2. The van der Waals surface area contributed by atoms with Gasteiger partial charge in [0.05, 0.1) is 12.7 Å². The molecule has 0 bridgehead atoms. The molecule has 2 aromatic carbocycles. The molecule has 1 aliphatic rings. The highest BCUT2D eigenvalue weighted by atomic mass is 16.5. The summed E-state index contributed by atoms with van der Waals surface area (Å²) in [5.41, 5.74) is 0.429. The van der Waals surface area contributed by atoms with Gasteiger partial charge in [0, 0.05) is 31.0 Å². The SMILES string of the molecule is Cc1ccccc1OCCCC(=O)Oc1ccc2cc(C(=O)NCC3CCCO3)c(=O)oc2c1. The predicted molar refractivity (Wildman–Crippen MR) is 125 cm³/mol. The second-order valence-corrected chi connectivity index (χ2v) is 8.18. The Bertz CT molecular complexity index is 1230. The molecular formula is C26H27NO7. The average Bonchev–Trinajstić information content (AvgIpc) is 3.34. The molecule has 178 valence electrons. The fraction of sp³-hybridized carbons (Fsp3) is 0.346. The minimum absolute atomic E-state index is 0.0253. The molecule has 1 saturated heterocycles. The van der Waals surface area contributed by atoms with Crippen LogP contribution in [0.15, 0.2) is 57.7 Å². The van der Waals surface area contributed by atoms with Crippen molar-refractivity contribution in [3.05, 3.63) is 70.1 Å². The van der Waals surface area contributed by atoms with E-state index in [9.17, 15) is 14.4 Å². The first-order valence-corrected chi connectivity index (χ1v) is 11.4. The van der Waals surface area contributed by atoms with E-state index in [1.165, 1.54) is 12.1 Å². The molecule has 8 nitrogen and oxygen atoms in total. The molecule has 1 fully saturated rings. The topological polar surface area (TPSA) is 104 Å². The first-order chi connectivity index (χ1) is 16.5. The van der Waals surface area contributed by atoms with Crippen LogP contribution in [0.2, 0.25) is 0 Å². The van der Waals surface area contributed by atoms with Crippen molar-refractivity contribution in [3.8, 4) is 11.5 Å². The molecule has 3 aromatic rings. The van der Waals surface area contributed by atoms with Crippen molar-refractivity contribution in [1.82, 2.24) is 5.32 Å². The van der Waals surface area contributed by atoms with Crippen molar-refractivity contribution in [3.63, 3.8) is 0 Å². The Labute approximate surface area is 196 Å². The molecule has 8 heteroatoms. The summed E-state index contributed by atoms with van der Waals surface area (Å²) in [4.78, 5) is 36.9. The predicted octanol–water partition coefficient (Wildman–Crippen LogP) is 3.77. The van der Waals surface area contributed by atoms with Gasteiger partial charge in [0.15, 0.2) is 0 Å². The van der Waals surface area contributed by atoms with E-state index in [0.29, 0.717) is 31.6 Å². The Hall–Kier alpha value is -3.65. The van der Waals surface area contributed by atoms with Gasteiger partial charge in [-0.15, -0.1) is 0 Å². The van der Waals surface area contributed by atoms with Gasteiger partial charge in [0.2, 0.25) is 0 Å². The molecule has 1 amide bonds. The Morgan fingerprint density at radius 2 is 2.00 bits per heavy atom. The molecule has 1 N–H and O–H groups in total. The van der Waals surface area contributed by atoms with Crippen LogP contribution in [0.1, 0.15) is 41.6 Å². The number of nitrogens with one attached hydrogen (secondary N) is 1. The van der Waals surface area contributed by atoms with Gasteiger partial charge in [-0.05, 0) is 56.0 Å². The number of amides is 1. The monoisotopic (exact) mass is 465 g/mol. The summed E-state index contributed by atoms with van der Waals surface area (Å²) in [5, 5.41) is 3.27. The zero-order valence-electron chi connectivity index (χ0n) is 19.0. The van der Waals surface area contributed by atoms with Gasteiger partial charge in [-0.1, -0.05) is 18.2 Å². The molecule has 0 radical (unpaired) electrons. The highest BCUT2D eigenvalue weighted by Crippen LogP contribution is 2.22. The van der Waals surface area contributed by atoms with E-state index in [1.54, 1.807) is 12.1 Å². The zero-order chi connectivity index (χ0) is 23.9. The highest BCUT2D eigenvalue weighted by Gasteiger charge is 2.19.